The first-order chi connectivity index (χ1) is 8.52. The number of carboxylic acids is 1. The molecule has 0 aliphatic carbocycles. The summed E-state index contributed by atoms with van der Waals surface area (Å²) in [6, 6.07) is 8.23. The van der Waals surface area contributed by atoms with Crippen LogP contribution < -0.4 is 0 Å². The highest BCUT2D eigenvalue weighted by atomic mass is 35.5. The third-order valence-electron chi connectivity index (χ3n) is 2.76. The average Bonchev–Trinajstić information content (AvgIpc) is 2.29. The van der Waals surface area contributed by atoms with Gasteiger partial charge in [-0.05, 0) is 24.6 Å². The van der Waals surface area contributed by atoms with Crippen molar-refractivity contribution in [2.45, 2.75) is 25.1 Å². The number of nitrogens with zero attached hydrogens (tertiary/aromatic N) is 1. The highest BCUT2D eigenvalue weighted by molar-refractivity contribution is 6.21. The Kier molecular flexibility index (Phi) is 6.16. The predicted molar refractivity (Wildman–Crippen MR) is 74.2 cm³/mol. The van der Waals surface area contributed by atoms with E-state index < -0.39 is 5.97 Å². The van der Waals surface area contributed by atoms with Gasteiger partial charge in [-0.1, -0.05) is 37.6 Å². The lowest BCUT2D eigenvalue weighted by Gasteiger charge is -2.18. The van der Waals surface area contributed by atoms with E-state index in [4.69, 9.17) is 16.7 Å². The zero-order chi connectivity index (χ0) is 13.5. The van der Waals surface area contributed by atoms with Crippen molar-refractivity contribution in [2.24, 2.45) is 0 Å². The molecule has 0 spiro atoms. The Morgan fingerprint density at radius 2 is 2.00 bits per heavy atom. The molecule has 1 atom stereocenters. The molecule has 0 aliphatic heterocycles. The molecule has 18 heavy (non-hydrogen) atoms. The Morgan fingerprint density at radius 1 is 1.39 bits per heavy atom. The van der Waals surface area contributed by atoms with Gasteiger partial charge in [-0.15, -0.1) is 11.6 Å². The summed E-state index contributed by atoms with van der Waals surface area (Å²) in [7, 11) is 1.76. The number of aryl methyl sites for hydroxylation is 1. The lowest BCUT2D eigenvalue weighted by molar-refractivity contribution is -0.137. The molecule has 0 amide bonds. The molecular formula is C14H20ClNO2. The van der Waals surface area contributed by atoms with Crippen molar-refractivity contribution in [1.82, 2.24) is 4.90 Å². The van der Waals surface area contributed by atoms with Crippen molar-refractivity contribution in [3.63, 3.8) is 0 Å². The van der Waals surface area contributed by atoms with Crippen LogP contribution in [0, 0.1) is 0 Å². The monoisotopic (exact) mass is 269 g/mol. The average molecular weight is 270 g/mol. The minimum Gasteiger partial charge on any atom is -0.480 e. The molecule has 1 N–H and O–H groups in total. The fraction of sp³-hybridized carbons (Fsp3) is 0.500. The number of carbonyl (C=O) groups is 1. The van der Waals surface area contributed by atoms with E-state index in [2.05, 4.69) is 19.1 Å². The number of benzene rings is 1. The summed E-state index contributed by atoms with van der Waals surface area (Å²) in [6.45, 7) is 2.69. The van der Waals surface area contributed by atoms with Crippen LogP contribution in [0.2, 0.25) is 0 Å². The standard InChI is InChI=1S/C14H20ClNO2/c1-3-4-11-5-7-12(8-6-11)13(15)9-16(2)10-14(17)18/h5-8,13H,3-4,9-10H2,1-2H3,(H,17,18). The minimum atomic E-state index is -0.834. The molecule has 1 aromatic rings. The maximum absolute atomic E-state index is 10.6. The second-order valence-corrected chi connectivity index (χ2v) is 5.08. The second kappa shape index (κ2) is 7.39. The van der Waals surface area contributed by atoms with Crippen LogP contribution in [-0.4, -0.2) is 36.1 Å². The van der Waals surface area contributed by atoms with E-state index in [0.29, 0.717) is 6.54 Å². The molecule has 100 valence electrons. The quantitative estimate of drug-likeness (QED) is 0.774. The lowest BCUT2D eigenvalue weighted by Crippen LogP contribution is -2.28. The minimum absolute atomic E-state index is 0.0110. The highest BCUT2D eigenvalue weighted by Crippen LogP contribution is 2.21. The van der Waals surface area contributed by atoms with E-state index in [-0.39, 0.29) is 11.9 Å². The fourth-order valence-electron chi connectivity index (χ4n) is 1.86. The van der Waals surface area contributed by atoms with Crippen LogP contribution >= 0.6 is 11.6 Å². The van der Waals surface area contributed by atoms with Gasteiger partial charge in [0.15, 0.2) is 0 Å². The SMILES string of the molecule is CCCc1ccc(C(Cl)CN(C)CC(=O)O)cc1. The van der Waals surface area contributed by atoms with Crippen LogP contribution in [0.5, 0.6) is 0 Å². The van der Waals surface area contributed by atoms with Crippen molar-refractivity contribution in [1.29, 1.82) is 0 Å². The Labute approximate surface area is 113 Å². The fourth-order valence-corrected chi connectivity index (χ4v) is 2.24. The summed E-state index contributed by atoms with van der Waals surface area (Å²) in [5.74, 6) is -0.834. The first-order valence-electron chi connectivity index (χ1n) is 6.16. The largest absolute Gasteiger partial charge is 0.480 e. The molecule has 0 radical (unpaired) electrons. The maximum Gasteiger partial charge on any atom is 0.317 e. The molecule has 1 rings (SSSR count). The lowest BCUT2D eigenvalue weighted by atomic mass is 10.1. The van der Waals surface area contributed by atoms with Gasteiger partial charge in [-0.3, -0.25) is 9.69 Å². The molecule has 0 aromatic heterocycles. The molecule has 0 saturated carbocycles. The van der Waals surface area contributed by atoms with Gasteiger partial charge in [-0.25, -0.2) is 0 Å². The third-order valence-corrected chi connectivity index (χ3v) is 3.15. The van der Waals surface area contributed by atoms with Gasteiger partial charge < -0.3 is 5.11 Å². The summed E-state index contributed by atoms with van der Waals surface area (Å²) in [4.78, 5) is 12.3. The number of carboxylic acid groups (broad SMARTS) is 1. The molecule has 0 heterocycles. The van der Waals surface area contributed by atoms with Crippen molar-refractivity contribution in [2.75, 3.05) is 20.1 Å². The number of hydrogen-bond donors (Lipinski definition) is 1. The molecule has 0 bridgehead atoms. The molecule has 3 nitrogen and oxygen atoms in total. The normalized spacial score (nSPS) is 12.7. The number of alkyl halides is 1. The second-order valence-electron chi connectivity index (χ2n) is 4.55. The van der Waals surface area contributed by atoms with Crippen LogP contribution in [0.4, 0.5) is 0 Å². The first kappa shape index (κ1) is 15.0. The Hall–Kier alpha value is -1.06. The predicted octanol–water partition coefficient (Wildman–Crippen LogP) is 2.94. The molecule has 0 fully saturated rings. The molecule has 4 heteroatoms. The summed E-state index contributed by atoms with van der Waals surface area (Å²) >= 11 is 6.28. The zero-order valence-corrected chi connectivity index (χ0v) is 11.7. The van der Waals surface area contributed by atoms with Crippen LogP contribution in [0.3, 0.4) is 0 Å². The van der Waals surface area contributed by atoms with Gasteiger partial charge in [-0.2, -0.15) is 0 Å². The first-order valence-corrected chi connectivity index (χ1v) is 6.59. The van der Waals surface area contributed by atoms with E-state index in [9.17, 15) is 4.79 Å². The molecule has 0 aliphatic rings. The van der Waals surface area contributed by atoms with Crippen LogP contribution in [0.15, 0.2) is 24.3 Å². The van der Waals surface area contributed by atoms with Gasteiger partial charge in [0.05, 0.1) is 11.9 Å². The van der Waals surface area contributed by atoms with Gasteiger partial charge >= 0.3 is 5.97 Å². The van der Waals surface area contributed by atoms with Gasteiger partial charge in [0, 0.05) is 6.54 Å². The van der Waals surface area contributed by atoms with E-state index in [1.54, 1.807) is 11.9 Å². The maximum atomic E-state index is 10.6. The van der Waals surface area contributed by atoms with Gasteiger partial charge in [0.2, 0.25) is 0 Å². The number of aliphatic carboxylic acids is 1. The topological polar surface area (TPSA) is 40.5 Å². The van der Waals surface area contributed by atoms with E-state index >= 15 is 0 Å². The van der Waals surface area contributed by atoms with E-state index in [1.165, 1.54) is 5.56 Å². The molecule has 1 aromatic carbocycles. The highest BCUT2D eigenvalue weighted by Gasteiger charge is 2.12. The molecular weight excluding hydrogens is 250 g/mol. The Morgan fingerprint density at radius 3 is 2.50 bits per heavy atom. The zero-order valence-electron chi connectivity index (χ0n) is 10.9. The van der Waals surface area contributed by atoms with Crippen molar-refractivity contribution < 1.29 is 9.90 Å². The van der Waals surface area contributed by atoms with Gasteiger partial charge in [0.1, 0.15) is 0 Å². The summed E-state index contributed by atoms with van der Waals surface area (Å²) in [5.41, 5.74) is 2.35. The Bertz CT molecular complexity index is 378. The van der Waals surface area contributed by atoms with E-state index in [0.717, 1.165) is 18.4 Å². The summed E-state index contributed by atoms with van der Waals surface area (Å²) in [5, 5.41) is 8.50. The third kappa shape index (κ3) is 5.07. The summed E-state index contributed by atoms with van der Waals surface area (Å²) < 4.78 is 0. The van der Waals surface area contributed by atoms with Crippen LogP contribution in [-0.2, 0) is 11.2 Å². The van der Waals surface area contributed by atoms with Crippen LogP contribution in [0.25, 0.3) is 0 Å². The van der Waals surface area contributed by atoms with E-state index in [1.807, 2.05) is 12.1 Å². The summed E-state index contributed by atoms with van der Waals surface area (Å²) in [6.07, 6.45) is 2.21. The van der Waals surface area contributed by atoms with Gasteiger partial charge in [0.25, 0.3) is 0 Å². The van der Waals surface area contributed by atoms with Crippen molar-refractivity contribution in [3.8, 4) is 0 Å². The Balaban J connectivity index is 2.55. The smallest absolute Gasteiger partial charge is 0.317 e. The number of likely N-dealkylation sites (N-methyl/N-ethyl adjacent to an activating group) is 1. The number of rotatable bonds is 7. The van der Waals surface area contributed by atoms with Crippen LogP contribution in [0.1, 0.15) is 29.8 Å². The molecule has 1 unspecified atom stereocenters. The van der Waals surface area contributed by atoms with Crippen molar-refractivity contribution in [3.05, 3.63) is 35.4 Å². The molecule has 0 saturated heterocycles. The number of hydrogen-bond acceptors (Lipinski definition) is 2. The van der Waals surface area contributed by atoms with Crippen molar-refractivity contribution >= 4 is 17.6 Å². The number of halogens is 1.